The Morgan fingerprint density at radius 2 is 2.25 bits per heavy atom. The predicted octanol–water partition coefficient (Wildman–Crippen LogP) is 2.33. The smallest absolute Gasteiger partial charge is 0.295 e. The Balaban J connectivity index is 2.37. The normalized spacial score (nSPS) is 10.3. The minimum absolute atomic E-state index is 0.181. The summed E-state index contributed by atoms with van der Waals surface area (Å²) in [5.41, 5.74) is 4.84. The van der Waals surface area contributed by atoms with Gasteiger partial charge in [0, 0.05) is 6.07 Å². The van der Waals surface area contributed by atoms with Crippen molar-refractivity contribution >= 4 is 33.8 Å². The molecule has 104 valence electrons. The predicted molar refractivity (Wildman–Crippen MR) is 72.3 cm³/mol. The molecule has 0 saturated heterocycles. The molecule has 0 saturated carbocycles. The molecule has 1 aromatic carbocycles. The van der Waals surface area contributed by atoms with Crippen molar-refractivity contribution in [2.24, 2.45) is 0 Å². The van der Waals surface area contributed by atoms with Gasteiger partial charge in [0.2, 0.25) is 0 Å². The third kappa shape index (κ3) is 2.57. The highest BCUT2D eigenvalue weighted by atomic mass is 32.1. The standard InChI is InChI=1S/C11H9FN4O3S/c1-5-9(20-11(13)14-5)10(17)15-8-6(12)3-2-4-7(8)16(18)19/h2-4H,1H3,(H2,13,14)(H,15,17). The number of halogens is 1. The number of nitrogens with two attached hydrogens (primary N) is 1. The number of carbonyl (C=O) groups excluding carboxylic acids is 1. The van der Waals surface area contributed by atoms with Crippen molar-refractivity contribution < 1.29 is 14.1 Å². The maximum atomic E-state index is 13.6. The number of nitro groups is 1. The number of anilines is 2. The van der Waals surface area contributed by atoms with E-state index in [1.807, 2.05) is 0 Å². The number of hydrogen-bond acceptors (Lipinski definition) is 6. The van der Waals surface area contributed by atoms with E-state index in [4.69, 9.17) is 5.73 Å². The van der Waals surface area contributed by atoms with Crippen LogP contribution < -0.4 is 11.1 Å². The molecule has 0 aliphatic heterocycles. The number of thiazole rings is 1. The topological polar surface area (TPSA) is 111 Å². The monoisotopic (exact) mass is 296 g/mol. The first kappa shape index (κ1) is 13.9. The van der Waals surface area contributed by atoms with Gasteiger partial charge in [-0.05, 0) is 13.0 Å². The van der Waals surface area contributed by atoms with Gasteiger partial charge in [0.05, 0.1) is 10.6 Å². The van der Waals surface area contributed by atoms with E-state index in [0.29, 0.717) is 5.69 Å². The average molecular weight is 296 g/mol. The van der Waals surface area contributed by atoms with Gasteiger partial charge in [0.15, 0.2) is 16.6 Å². The van der Waals surface area contributed by atoms with Crippen LogP contribution in [0.25, 0.3) is 0 Å². The first-order valence-electron chi connectivity index (χ1n) is 5.37. The number of aromatic nitrogens is 1. The highest BCUT2D eigenvalue weighted by Crippen LogP contribution is 2.29. The Bertz CT molecular complexity index is 701. The van der Waals surface area contributed by atoms with Gasteiger partial charge in [0.25, 0.3) is 11.6 Å². The molecule has 7 nitrogen and oxygen atoms in total. The third-order valence-electron chi connectivity index (χ3n) is 2.45. The van der Waals surface area contributed by atoms with E-state index in [1.165, 1.54) is 6.07 Å². The molecule has 0 radical (unpaired) electrons. The minimum Gasteiger partial charge on any atom is -0.375 e. The van der Waals surface area contributed by atoms with Crippen molar-refractivity contribution in [2.75, 3.05) is 11.1 Å². The first-order valence-corrected chi connectivity index (χ1v) is 6.19. The maximum Gasteiger partial charge on any atom is 0.295 e. The summed E-state index contributed by atoms with van der Waals surface area (Å²) in [5, 5.41) is 13.2. The molecule has 2 rings (SSSR count). The molecule has 0 fully saturated rings. The molecule has 0 aliphatic carbocycles. The minimum atomic E-state index is -0.886. The molecule has 0 spiro atoms. The highest BCUT2D eigenvalue weighted by molar-refractivity contribution is 7.17. The van der Waals surface area contributed by atoms with Crippen LogP contribution in [-0.2, 0) is 0 Å². The lowest BCUT2D eigenvalue weighted by molar-refractivity contribution is -0.384. The molecule has 3 N–H and O–H groups in total. The molecule has 2 aromatic rings. The number of rotatable bonds is 3. The van der Waals surface area contributed by atoms with Crippen molar-refractivity contribution in [1.29, 1.82) is 0 Å². The molecule has 1 aromatic heterocycles. The fraction of sp³-hybridized carbons (Fsp3) is 0.0909. The van der Waals surface area contributed by atoms with E-state index in [9.17, 15) is 19.3 Å². The Morgan fingerprint density at radius 3 is 2.80 bits per heavy atom. The van der Waals surface area contributed by atoms with Gasteiger partial charge in [0.1, 0.15) is 4.88 Å². The number of nitrogens with one attached hydrogen (secondary N) is 1. The third-order valence-corrected chi connectivity index (χ3v) is 3.43. The number of nitrogen functional groups attached to an aromatic ring is 1. The van der Waals surface area contributed by atoms with E-state index in [1.54, 1.807) is 6.92 Å². The number of nitrogens with zero attached hydrogens (tertiary/aromatic N) is 2. The number of hydrogen-bond donors (Lipinski definition) is 2. The SMILES string of the molecule is Cc1nc(N)sc1C(=O)Nc1c(F)cccc1[N+](=O)[O-]. The van der Waals surface area contributed by atoms with Crippen molar-refractivity contribution in [2.45, 2.75) is 6.92 Å². The fourth-order valence-corrected chi connectivity index (χ4v) is 2.32. The molecule has 20 heavy (non-hydrogen) atoms. The lowest BCUT2D eigenvalue weighted by atomic mass is 10.2. The number of carbonyl (C=O) groups is 1. The van der Waals surface area contributed by atoms with E-state index in [2.05, 4.69) is 10.3 Å². The second-order valence-corrected chi connectivity index (χ2v) is 4.84. The van der Waals surface area contributed by atoms with E-state index >= 15 is 0 Å². The molecule has 0 bridgehead atoms. The van der Waals surface area contributed by atoms with Crippen LogP contribution in [0.5, 0.6) is 0 Å². The molecule has 0 atom stereocenters. The van der Waals surface area contributed by atoms with Gasteiger partial charge in [-0.25, -0.2) is 9.37 Å². The van der Waals surface area contributed by atoms with Crippen molar-refractivity contribution in [3.63, 3.8) is 0 Å². The molecular weight excluding hydrogens is 287 g/mol. The van der Waals surface area contributed by atoms with Crippen LogP contribution in [0.15, 0.2) is 18.2 Å². The van der Waals surface area contributed by atoms with Crippen LogP contribution in [0.3, 0.4) is 0 Å². The summed E-state index contributed by atoms with van der Waals surface area (Å²) in [6.07, 6.45) is 0. The largest absolute Gasteiger partial charge is 0.375 e. The second-order valence-electron chi connectivity index (χ2n) is 3.81. The van der Waals surface area contributed by atoms with Gasteiger partial charge in [-0.3, -0.25) is 14.9 Å². The Morgan fingerprint density at radius 1 is 1.55 bits per heavy atom. The molecule has 9 heteroatoms. The van der Waals surface area contributed by atoms with E-state index < -0.39 is 28.0 Å². The zero-order valence-corrected chi connectivity index (χ0v) is 11.0. The Labute approximate surface area is 116 Å². The Kier molecular flexibility index (Phi) is 3.61. The summed E-state index contributed by atoms with van der Waals surface area (Å²) in [7, 11) is 0. The summed E-state index contributed by atoms with van der Waals surface area (Å²) >= 11 is 0.924. The quantitative estimate of drug-likeness (QED) is 0.667. The molecule has 1 heterocycles. The molecular formula is C11H9FN4O3S. The van der Waals surface area contributed by atoms with E-state index in [-0.39, 0.29) is 10.0 Å². The summed E-state index contributed by atoms with van der Waals surface area (Å²) in [6.45, 7) is 1.57. The summed E-state index contributed by atoms with van der Waals surface area (Å²) in [4.78, 5) is 26.1. The van der Waals surface area contributed by atoms with Crippen LogP contribution in [0.4, 0.5) is 20.9 Å². The molecule has 0 unspecified atom stereocenters. The van der Waals surface area contributed by atoms with Gasteiger partial charge >= 0.3 is 0 Å². The number of para-hydroxylation sites is 1. The lowest BCUT2D eigenvalue weighted by Crippen LogP contribution is -2.14. The highest BCUT2D eigenvalue weighted by Gasteiger charge is 2.22. The van der Waals surface area contributed by atoms with Crippen molar-refractivity contribution in [3.8, 4) is 0 Å². The number of aryl methyl sites for hydroxylation is 1. The van der Waals surface area contributed by atoms with Gasteiger partial charge < -0.3 is 11.1 Å². The fourth-order valence-electron chi connectivity index (χ4n) is 1.59. The Hall–Kier alpha value is -2.55. The summed E-state index contributed by atoms with van der Waals surface area (Å²) < 4.78 is 13.6. The van der Waals surface area contributed by atoms with Crippen LogP contribution in [0, 0.1) is 22.9 Å². The van der Waals surface area contributed by atoms with Crippen LogP contribution in [0.1, 0.15) is 15.4 Å². The zero-order valence-electron chi connectivity index (χ0n) is 10.2. The van der Waals surface area contributed by atoms with Crippen LogP contribution in [-0.4, -0.2) is 15.8 Å². The number of nitro benzene ring substituents is 1. The molecule has 1 amide bonds. The zero-order chi connectivity index (χ0) is 14.9. The van der Waals surface area contributed by atoms with Crippen molar-refractivity contribution in [1.82, 2.24) is 4.98 Å². The van der Waals surface area contributed by atoms with E-state index in [0.717, 1.165) is 23.5 Å². The number of amides is 1. The lowest BCUT2D eigenvalue weighted by Gasteiger charge is -2.06. The first-order chi connectivity index (χ1) is 9.40. The van der Waals surface area contributed by atoms with Crippen LogP contribution >= 0.6 is 11.3 Å². The number of benzene rings is 1. The van der Waals surface area contributed by atoms with Gasteiger partial charge in [-0.1, -0.05) is 17.4 Å². The molecule has 0 aliphatic rings. The summed E-state index contributed by atoms with van der Waals surface area (Å²) in [6, 6.07) is 3.32. The van der Waals surface area contributed by atoms with Crippen molar-refractivity contribution in [3.05, 3.63) is 44.7 Å². The average Bonchev–Trinajstić information content (AvgIpc) is 2.70. The maximum absolute atomic E-state index is 13.6. The van der Waals surface area contributed by atoms with Crippen LogP contribution in [0.2, 0.25) is 0 Å². The van der Waals surface area contributed by atoms with Gasteiger partial charge in [-0.15, -0.1) is 0 Å². The van der Waals surface area contributed by atoms with Gasteiger partial charge in [-0.2, -0.15) is 0 Å². The second kappa shape index (κ2) is 5.21. The summed E-state index contributed by atoms with van der Waals surface area (Å²) in [5.74, 6) is -1.58.